The van der Waals surface area contributed by atoms with Gasteiger partial charge >= 0.3 is 0 Å². The Morgan fingerprint density at radius 1 is 1.24 bits per heavy atom. The molecule has 0 saturated carbocycles. The third kappa shape index (κ3) is 4.80. The minimum atomic E-state index is -0.441. The van der Waals surface area contributed by atoms with Crippen LogP contribution in [-0.2, 0) is 11.3 Å². The van der Waals surface area contributed by atoms with E-state index in [4.69, 9.17) is 4.74 Å². The molecule has 134 valence electrons. The fourth-order valence-electron chi connectivity index (χ4n) is 2.50. The van der Waals surface area contributed by atoms with Crippen LogP contribution in [0.15, 0.2) is 46.0 Å². The molecule has 1 heterocycles. The molecule has 0 aliphatic heterocycles. The standard InChI is InChI=1S/C17H22N4O4/c1-20(2)13(12-6-4-5-7-14(12)25-3)10-18-16(23)11-21-17(24)9-8-15(22)19-21/h4-9,13H,10-11H2,1-3H3,(H,18,23)(H,19,22)/t13-/m1/s1. The lowest BCUT2D eigenvalue weighted by Crippen LogP contribution is -2.39. The Labute approximate surface area is 145 Å². The van der Waals surface area contributed by atoms with Gasteiger partial charge < -0.3 is 15.0 Å². The fourth-order valence-corrected chi connectivity index (χ4v) is 2.50. The average molecular weight is 346 g/mol. The van der Waals surface area contributed by atoms with Crippen molar-refractivity contribution in [3.8, 4) is 5.75 Å². The van der Waals surface area contributed by atoms with Crippen molar-refractivity contribution in [3.63, 3.8) is 0 Å². The minimum Gasteiger partial charge on any atom is -0.496 e. The number of amides is 1. The van der Waals surface area contributed by atoms with Gasteiger partial charge in [0.2, 0.25) is 5.91 Å². The Balaban J connectivity index is 2.08. The van der Waals surface area contributed by atoms with E-state index >= 15 is 0 Å². The summed E-state index contributed by atoms with van der Waals surface area (Å²) in [4.78, 5) is 37.0. The van der Waals surface area contributed by atoms with E-state index in [0.29, 0.717) is 6.54 Å². The molecular formula is C17H22N4O4. The smallest absolute Gasteiger partial charge is 0.265 e. The molecule has 2 N–H and O–H groups in total. The number of aromatic amines is 1. The number of hydrogen-bond acceptors (Lipinski definition) is 5. The van der Waals surface area contributed by atoms with Gasteiger partial charge in [0.15, 0.2) is 0 Å². The summed E-state index contributed by atoms with van der Waals surface area (Å²) in [6, 6.07) is 9.74. The molecule has 0 saturated heterocycles. The summed E-state index contributed by atoms with van der Waals surface area (Å²) >= 11 is 0. The quantitative estimate of drug-likeness (QED) is 0.734. The zero-order valence-electron chi connectivity index (χ0n) is 14.5. The van der Waals surface area contributed by atoms with Gasteiger partial charge in [0.25, 0.3) is 11.1 Å². The second kappa shape index (κ2) is 8.29. The zero-order chi connectivity index (χ0) is 18.4. The van der Waals surface area contributed by atoms with Gasteiger partial charge in [-0.25, -0.2) is 4.68 Å². The van der Waals surface area contributed by atoms with Gasteiger partial charge in [0.1, 0.15) is 12.3 Å². The number of carbonyl (C=O) groups is 1. The van der Waals surface area contributed by atoms with Crippen molar-refractivity contribution in [2.24, 2.45) is 0 Å². The molecule has 0 aliphatic carbocycles. The van der Waals surface area contributed by atoms with Crippen LogP contribution in [0.2, 0.25) is 0 Å². The Hall–Kier alpha value is -2.87. The largest absolute Gasteiger partial charge is 0.496 e. The van der Waals surface area contributed by atoms with Crippen LogP contribution in [0.3, 0.4) is 0 Å². The number of nitrogens with zero attached hydrogens (tertiary/aromatic N) is 2. The second-order valence-electron chi connectivity index (χ2n) is 5.76. The average Bonchev–Trinajstić information content (AvgIpc) is 2.58. The molecule has 0 bridgehead atoms. The van der Waals surface area contributed by atoms with Gasteiger partial charge in [0, 0.05) is 24.2 Å². The molecule has 0 spiro atoms. The van der Waals surface area contributed by atoms with Crippen molar-refractivity contribution >= 4 is 5.91 Å². The third-order valence-electron chi connectivity index (χ3n) is 3.80. The van der Waals surface area contributed by atoms with E-state index in [-0.39, 0.29) is 18.5 Å². The number of H-pyrrole nitrogens is 1. The number of ether oxygens (including phenoxy) is 1. The molecule has 1 amide bonds. The van der Waals surface area contributed by atoms with Gasteiger partial charge in [-0.3, -0.25) is 19.5 Å². The molecule has 1 aromatic carbocycles. The molecule has 1 atom stereocenters. The number of methoxy groups -OCH3 is 1. The van der Waals surface area contributed by atoms with Crippen molar-refractivity contribution in [1.29, 1.82) is 0 Å². The van der Waals surface area contributed by atoms with Crippen LogP contribution >= 0.6 is 0 Å². The van der Waals surface area contributed by atoms with E-state index in [1.54, 1.807) is 7.11 Å². The normalized spacial score (nSPS) is 12.0. The number of rotatable bonds is 7. The molecule has 0 aliphatic rings. The molecule has 2 aromatic rings. The van der Waals surface area contributed by atoms with Gasteiger partial charge in [-0.2, -0.15) is 0 Å². The number of hydrogen-bond donors (Lipinski definition) is 2. The van der Waals surface area contributed by atoms with Crippen LogP contribution in [0, 0.1) is 0 Å². The summed E-state index contributed by atoms with van der Waals surface area (Å²) in [6.07, 6.45) is 0. The molecule has 2 rings (SSSR count). The number of nitrogens with one attached hydrogen (secondary N) is 2. The Morgan fingerprint density at radius 2 is 1.96 bits per heavy atom. The van der Waals surface area contributed by atoms with E-state index in [9.17, 15) is 14.4 Å². The molecule has 0 radical (unpaired) electrons. The molecule has 0 unspecified atom stereocenters. The van der Waals surface area contributed by atoms with Crippen molar-refractivity contribution in [1.82, 2.24) is 20.0 Å². The number of para-hydroxylation sites is 1. The highest BCUT2D eigenvalue weighted by Crippen LogP contribution is 2.27. The first-order valence-corrected chi connectivity index (χ1v) is 7.78. The van der Waals surface area contributed by atoms with E-state index < -0.39 is 11.1 Å². The summed E-state index contributed by atoms with van der Waals surface area (Å²) in [7, 11) is 5.41. The topological polar surface area (TPSA) is 96.4 Å². The monoisotopic (exact) mass is 346 g/mol. The van der Waals surface area contributed by atoms with Gasteiger partial charge in [0.05, 0.1) is 13.2 Å². The Bertz CT molecular complexity index is 841. The summed E-state index contributed by atoms with van der Waals surface area (Å²) in [5, 5.41) is 5.12. The van der Waals surface area contributed by atoms with Gasteiger partial charge in [-0.05, 0) is 20.2 Å². The number of benzene rings is 1. The van der Waals surface area contributed by atoms with E-state index in [1.807, 2.05) is 43.3 Å². The van der Waals surface area contributed by atoms with Crippen LogP contribution in [0.25, 0.3) is 0 Å². The van der Waals surface area contributed by atoms with Crippen LogP contribution < -0.4 is 21.2 Å². The Kier molecular flexibility index (Phi) is 6.13. The molecular weight excluding hydrogens is 324 g/mol. The van der Waals surface area contributed by atoms with Crippen LogP contribution in [0.1, 0.15) is 11.6 Å². The summed E-state index contributed by atoms with van der Waals surface area (Å²) < 4.78 is 6.36. The van der Waals surface area contributed by atoms with Crippen molar-refractivity contribution in [2.75, 3.05) is 27.7 Å². The van der Waals surface area contributed by atoms with Gasteiger partial charge in [-0.1, -0.05) is 18.2 Å². The SMILES string of the molecule is COc1ccccc1[C@@H](CNC(=O)Cn1[nH]c(=O)ccc1=O)N(C)C. The van der Waals surface area contributed by atoms with E-state index in [2.05, 4.69) is 10.4 Å². The highest BCUT2D eigenvalue weighted by atomic mass is 16.5. The lowest BCUT2D eigenvalue weighted by Gasteiger charge is -2.26. The lowest BCUT2D eigenvalue weighted by molar-refractivity contribution is -0.122. The van der Waals surface area contributed by atoms with Crippen LogP contribution in [0.5, 0.6) is 5.75 Å². The first-order valence-electron chi connectivity index (χ1n) is 7.78. The third-order valence-corrected chi connectivity index (χ3v) is 3.80. The maximum atomic E-state index is 12.1. The molecule has 8 nitrogen and oxygen atoms in total. The maximum absolute atomic E-state index is 12.1. The predicted octanol–water partition coefficient (Wildman–Crippen LogP) is -0.0357. The van der Waals surface area contributed by atoms with Crippen molar-refractivity contribution < 1.29 is 9.53 Å². The summed E-state index contributed by atoms with van der Waals surface area (Å²) in [5.41, 5.74) is 0.0665. The number of aromatic nitrogens is 2. The van der Waals surface area contributed by atoms with E-state index in [1.165, 1.54) is 0 Å². The highest BCUT2D eigenvalue weighted by Gasteiger charge is 2.19. The van der Waals surface area contributed by atoms with Crippen molar-refractivity contribution in [3.05, 3.63) is 62.7 Å². The first kappa shape index (κ1) is 18.5. The summed E-state index contributed by atoms with van der Waals surface area (Å²) in [5.74, 6) is 0.366. The van der Waals surface area contributed by atoms with Crippen LogP contribution in [-0.4, -0.2) is 48.3 Å². The molecule has 1 aromatic heterocycles. The highest BCUT2D eigenvalue weighted by molar-refractivity contribution is 5.75. The number of carbonyl (C=O) groups excluding carboxylic acids is 1. The zero-order valence-corrected chi connectivity index (χ0v) is 14.5. The molecule has 8 heteroatoms. The first-order chi connectivity index (χ1) is 11.9. The van der Waals surface area contributed by atoms with E-state index in [0.717, 1.165) is 28.1 Å². The second-order valence-corrected chi connectivity index (χ2v) is 5.76. The van der Waals surface area contributed by atoms with Crippen LogP contribution in [0.4, 0.5) is 0 Å². The lowest BCUT2D eigenvalue weighted by atomic mass is 10.0. The van der Waals surface area contributed by atoms with Crippen molar-refractivity contribution in [2.45, 2.75) is 12.6 Å². The predicted molar refractivity (Wildman–Crippen MR) is 93.8 cm³/mol. The molecule has 25 heavy (non-hydrogen) atoms. The molecule has 0 fully saturated rings. The minimum absolute atomic E-state index is 0.105. The summed E-state index contributed by atoms with van der Waals surface area (Å²) in [6.45, 7) is 0.0824. The Morgan fingerprint density at radius 3 is 2.64 bits per heavy atom. The maximum Gasteiger partial charge on any atom is 0.265 e. The fraction of sp³-hybridized carbons (Fsp3) is 0.353. The number of likely N-dealkylation sites (N-methyl/N-ethyl adjacent to an activating group) is 1. The van der Waals surface area contributed by atoms with Gasteiger partial charge in [-0.15, -0.1) is 0 Å².